The van der Waals surface area contributed by atoms with Gasteiger partial charge in [0.2, 0.25) is 0 Å². The zero-order valence-corrected chi connectivity index (χ0v) is 7.84. The van der Waals surface area contributed by atoms with Gasteiger partial charge in [0.1, 0.15) is 0 Å². The molecule has 0 aromatic carbocycles. The first-order valence-electron chi connectivity index (χ1n) is 4.95. The van der Waals surface area contributed by atoms with Crippen LogP contribution in [0.4, 0.5) is 0 Å². The third-order valence-electron chi connectivity index (χ3n) is 3.08. The van der Waals surface area contributed by atoms with E-state index in [4.69, 9.17) is 5.73 Å². The number of hydrogen-bond acceptors (Lipinski definition) is 1. The molecule has 1 fully saturated rings. The molecule has 2 atom stereocenters. The van der Waals surface area contributed by atoms with Crippen LogP contribution in [0, 0.1) is 11.8 Å². The van der Waals surface area contributed by atoms with Crippen molar-refractivity contribution in [1.29, 1.82) is 0 Å². The molecule has 1 aliphatic rings. The molecular weight excluding hydrogens is 134 g/mol. The van der Waals surface area contributed by atoms with Crippen molar-refractivity contribution in [3.05, 3.63) is 0 Å². The van der Waals surface area contributed by atoms with Gasteiger partial charge in [0.25, 0.3) is 0 Å². The molecule has 2 unspecified atom stereocenters. The van der Waals surface area contributed by atoms with E-state index in [0.29, 0.717) is 6.04 Å². The summed E-state index contributed by atoms with van der Waals surface area (Å²) < 4.78 is 0. The molecule has 0 spiro atoms. The highest BCUT2D eigenvalue weighted by atomic mass is 14.6. The second-order valence-electron chi connectivity index (χ2n) is 4.22. The Kier molecular flexibility index (Phi) is 3.38. The molecule has 0 amide bonds. The van der Waals surface area contributed by atoms with Crippen molar-refractivity contribution in [3.63, 3.8) is 0 Å². The molecule has 2 N–H and O–H groups in total. The van der Waals surface area contributed by atoms with Crippen LogP contribution in [0.2, 0.25) is 0 Å². The van der Waals surface area contributed by atoms with E-state index in [0.717, 1.165) is 11.8 Å². The fourth-order valence-electron chi connectivity index (χ4n) is 1.99. The average molecular weight is 155 g/mol. The average Bonchev–Trinajstić information content (AvgIpc) is 2.39. The van der Waals surface area contributed by atoms with Gasteiger partial charge in [0.15, 0.2) is 0 Å². The van der Waals surface area contributed by atoms with Crippen LogP contribution in [-0.4, -0.2) is 6.04 Å². The highest BCUT2D eigenvalue weighted by Gasteiger charge is 2.19. The maximum atomic E-state index is 5.81. The van der Waals surface area contributed by atoms with Crippen molar-refractivity contribution in [2.45, 2.75) is 52.0 Å². The minimum atomic E-state index is 0.385. The zero-order valence-electron chi connectivity index (χ0n) is 7.84. The molecule has 0 aromatic heterocycles. The highest BCUT2D eigenvalue weighted by Crippen LogP contribution is 2.30. The van der Waals surface area contributed by atoms with Crippen molar-refractivity contribution in [1.82, 2.24) is 0 Å². The lowest BCUT2D eigenvalue weighted by Crippen LogP contribution is -2.25. The van der Waals surface area contributed by atoms with Crippen LogP contribution in [0.3, 0.4) is 0 Å². The maximum Gasteiger partial charge on any atom is 0.00362 e. The summed E-state index contributed by atoms with van der Waals surface area (Å²) >= 11 is 0. The predicted octanol–water partition coefficient (Wildman–Crippen LogP) is 2.55. The lowest BCUT2D eigenvalue weighted by molar-refractivity contribution is 0.358. The summed E-state index contributed by atoms with van der Waals surface area (Å²) in [5.41, 5.74) is 5.81. The summed E-state index contributed by atoms with van der Waals surface area (Å²) in [6.45, 7) is 4.41. The molecule has 1 rings (SSSR count). The third kappa shape index (κ3) is 2.82. The van der Waals surface area contributed by atoms with E-state index in [1.54, 1.807) is 0 Å². The molecule has 0 aromatic rings. The highest BCUT2D eigenvalue weighted by molar-refractivity contribution is 4.73. The number of nitrogens with two attached hydrogens (primary N) is 1. The Morgan fingerprint density at radius 2 is 1.82 bits per heavy atom. The van der Waals surface area contributed by atoms with Crippen LogP contribution in [0.25, 0.3) is 0 Å². The van der Waals surface area contributed by atoms with Crippen LogP contribution >= 0.6 is 0 Å². The minimum absolute atomic E-state index is 0.385. The van der Waals surface area contributed by atoms with Gasteiger partial charge in [-0.05, 0) is 25.2 Å². The SMILES string of the molecule is CC(N)C(C)CC1CCCC1. The Morgan fingerprint density at radius 1 is 1.27 bits per heavy atom. The maximum absolute atomic E-state index is 5.81. The Morgan fingerprint density at radius 3 is 2.27 bits per heavy atom. The summed E-state index contributed by atoms with van der Waals surface area (Å²) in [5, 5.41) is 0. The molecule has 0 radical (unpaired) electrons. The normalized spacial score (nSPS) is 25.4. The first-order valence-corrected chi connectivity index (χ1v) is 4.95. The van der Waals surface area contributed by atoms with E-state index in [1.807, 2.05) is 0 Å². The molecular formula is C10H21N. The fourth-order valence-corrected chi connectivity index (χ4v) is 1.99. The van der Waals surface area contributed by atoms with Crippen molar-refractivity contribution in [2.75, 3.05) is 0 Å². The van der Waals surface area contributed by atoms with Gasteiger partial charge in [-0.1, -0.05) is 32.6 Å². The Labute approximate surface area is 70.4 Å². The van der Waals surface area contributed by atoms with Gasteiger partial charge in [0.05, 0.1) is 0 Å². The van der Waals surface area contributed by atoms with Crippen molar-refractivity contribution in [3.8, 4) is 0 Å². The lowest BCUT2D eigenvalue weighted by atomic mass is 9.90. The second-order valence-corrected chi connectivity index (χ2v) is 4.22. The monoisotopic (exact) mass is 155 g/mol. The number of rotatable bonds is 3. The van der Waals surface area contributed by atoms with Gasteiger partial charge in [-0.3, -0.25) is 0 Å². The third-order valence-corrected chi connectivity index (χ3v) is 3.08. The van der Waals surface area contributed by atoms with E-state index < -0.39 is 0 Å². The summed E-state index contributed by atoms with van der Waals surface area (Å²) in [6, 6.07) is 0.385. The van der Waals surface area contributed by atoms with Gasteiger partial charge in [-0.25, -0.2) is 0 Å². The molecule has 0 bridgehead atoms. The zero-order chi connectivity index (χ0) is 8.27. The van der Waals surface area contributed by atoms with Gasteiger partial charge in [0, 0.05) is 6.04 Å². The van der Waals surface area contributed by atoms with Crippen LogP contribution < -0.4 is 5.73 Å². The summed E-state index contributed by atoms with van der Waals surface area (Å²) in [6.07, 6.45) is 7.18. The second kappa shape index (κ2) is 4.10. The summed E-state index contributed by atoms with van der Waals surface area (Å²) in [5.74, 6) is 1.72. The minimum Gasteiger partial charge on any atom is -0.328 e. The van der Waals surface area contributed by atoms with Crippen LogP contribution in [0.5, 0.6) is 0 Å². The molecule has 1 heteroatoms. The smallest absolute Gasteiger partial charge is 0.00362 e. The molecule has 11 heavy (non-hydrogen) atoms. The Hall–Kier alpha value is -0.0400. The van der Waals surface area contributed by atoms with Crippen LogP contribution in [0.1, 0.15) is 46.0 Å². The molecule has 0 aliphatic heterocycles. The van der Waals surface area contributed by atoms with E-state index >= 15 is 0 Å². The Balaban J connectivity index is 2.18. The van der Waals surface area contributed by atoms with E-state index in [9.17, 15) is 0 Å². The molecule has 0 saturated heterocycles. The standard InChI is InChI=1S/C10H21N/c1-8(9(2)11)7-10-5-3-4-6-10/h8-10H,3-7,11H2,1-2H3. The molecule has 1 saturated carbocycles. The largest absolute Gasteiger partial charge is 0.328 e. The van der Waals surface area contributed by atoms with Gasteiger partial charge < -0.3 is 5.73 Å². The summed E-state index contributed by atoms with van der Waals surface area (Å²) in [4.78, 5) is 0. The number of hydrogen-bond donors (Lipinski definition) is 1. The topological polar surface area (TPSA) is 26.0 Å². The quantitative estimate of drug-likeness (QED) is 0.666. The van der Waals surface area contributed by atoms with Crippen LogP contribution in [-0.2, 0) is 0 Å². The summed E-state index contributed by atoms with van der Waals surface area (Å²) in [7, 11) is 0. The Bertz CT molecular complexity index is 103. The van der Waals surface area contributed by atoms with E-state index in [2.05, 4.69) is 13.8 Å². The van der Waals surface area contributed by atoms with Crippen molar-refractivity contribution >= 4 is 0 Å². The first kappa shape index (κ1) is 9.05. The lowest BCUT2D eigenvalue weighted by Gasteiger charge is -2.19. The molecule has 0 heterocycles. The fraction of sp³-hybridized carbons (Fsp3) is 1.00. The first-order chi connectivity index (χ1) is 5.20. The molecule has 1 aliphatic carbocycles. The van der Waals surface area contributed by atoms with Gasteiger partial charge in [-0.15, -0.1) is 0 Å². The van der Waals surface area contributed by atoms with E-state index in [-0.39, 0.29) is 0 Å². The van der Waals surface area contributed by atoms with Crippen molar-refractivity contribution < 1.29 is 0 Å². The van der Waals surface area contributed by atoms with Crippen molar-refractivity contribution in [2.24, 2.45) is 17.6 Å². The molecule has 1 nitrogen and oxygen atoms in total. The van der Waals surface area contributed by atoms with E-state index in [1.165, 1.54) is 32.1 Å². The van der Waals surface area contributed by atoms with Gasteiger partial charge >= 0.3 is 0 Å². The van der Waals surface area contributed by atoms with Crippen LogP contribution in [0.15, 0.2) is 0 Å². The van der Waals surface area contributed by atoms with Gasteiger partial charge in [-0.2, -0.15) is 0 Å². The molecule has 66 valence electrons. The predicted molar refractivity (Wildman–Crippen MR) is 49.4 cm³/mol.